The molecule has 0 spiro atoms. The van der Waals surface area contributed by atoms with E-state index < -0.39 is 0 Å². The van der Waals surface area contributed by atoms with E-state index in [1.807, 2.05) is 115 Å². The Morgan fingerprint density at radius 1 is 0.186 bits per heavy atom. The molecular formula is C125H73FN14. The standard InChI is InChI=1S/C46H27N5.C40H23N5.C39H23FN4/c47-28-29-21-23-32(24-22-29)45-48-44(31-12-2-1-3-13-31)49-46(50-45)33-14-10-15-34(27-33)51-40-20-9-8-19-38(40)42-39-26-25-30-11-4-5-16-35(30)41(39)36-17-6-7-18-37(36)43(42)51;41-24-25-18-20-28(21-19-25)39-42-38(27-11-2-1-3-12-27)43-40(44-39)45-34-17-9-8-16-32(34)36-33-23-22-26-10-4-5-13-29(26)35(33)30-14-6-7-15-31(30)37(36)45;40-27-21-18-26(19-22-27)38-41-37(25-11-2-1-3-12-25)42-39(43-38)44-33-17-9-8-16-31(33)35-32-23-20-24-10-4-5-13-28(24)34(32)29-14-6-7-15-30(29)36(35)44/h1-27H;1-23H;1-23H. The predicted octanol–water partition coefficient (Wildman–Crippen LogP) is 30.8. The Morgan fingerprint density at radius 3 is 0.786 bits per heavy atom. The van der Waals surface area contributed by atoms with Gasteiger partial charge in [0, 0.05) is 93.1 Å². The van der Waals surface area contributed by atoms with Gasteiger partial charge in [0.25, 0.3) is 0 Å². The fourth-order valence-corrected chi connectivity index (χ4v) is 20.8. The van der Waals surface area contributed by atoms with E-state index in [9.17, 15) is 14.9 Å². The third-order valence-corrected chi connectivity index (χ3v) is 27.0. The Labute approximate surface area is 799 Å². The number of nitriles is 2. The molecule has 6 aromatic heterocycles. The van der Waals surface area contributed by atoms with E-state index in [4.69, 9.17) is 44.9 Å². The van der Waals surface area contributed by atoms with Crippen molar-refractivity contribution in [3.05, 3.63) is 460 Å². The summed E-state index contributed by atoms with van der Waals surface area (Å²) in [5, 5.41) is 47.6. The topological polar surface area (TPSA) is 178 Å². The Bertz CT molecular complexity index is 10100. The summed E-state index contributed by atoms with van der Waals surface area (Å²) in [6, 6.07) is 155. The molecule has 0 aliphatic carbocycles. The van der Waals surface area contributed by atoms with Gasteiger partial charge in [0.2, 0.25) is 11.9 Å². The normalized spacial score (nSPS) is 11.6. The maximum absolute atomic E-state index is 13.9. The number of para-hydroxylation sites is 3. The van der Waals surface area contributed by atoms with Gasteiger partial charge in [-0.25, -0.2) is 29.3 Å². The van der Waals surface area contributed by atoms with Gasteiger partial charge < -0.3 is 4.57 Å². The molecule has 14 nitrogen and oxygen atoms in total. The monoisotopic (exact) mass is 1790 g/mol. The van der Waals surface area contributed by atoms with Crippen LogP contribution in [0.15, 0.2) is 443 Å². The first kappa shape index (κ1) is 81.3. The lowest BCUT2D eigenvalue weighted by atomic mass is 9.93. The fraction of sp³-hybridized carbons (Fsp3) is 0. The third-order valence-electron chi connectivity index (χ3n) is 27.0. The molecule has 0 fully saturated rings. The van der Waals surface area contributed by atoms with Crippen molar-refractivity contribution in [1.82, 2.24) is 58.6 Å². The maximum Gasteiger partial charge on any atom is 0.238 e. The first-order valence-corrected chi connectivity index (χ1v) is 46.4. The molecule has 0 bridgehead atoms. The summed E-state index contributed by atoms with van der Waals surface area (Å²) in [7, 11) is 0. The molecule has 0 aliphatic rings. The highest BCUT2D eigenvalue weighted by Gasteiger charge is 2.28. The molecule has 0 amide bonds. The van der Waals surface area contributed by atoms with Crippen LogP contribution in [0.1, 0.15) is 11.1 Å². The van der Waals surface area contributed by atoms with Gasteiger partial charge in [0.1, 0.15) is 5.82 Å². The first-order chi connectivity index (χ1) is 69.3. The van der Waals surface area contributed by atoms with Gasteiger partial charge in [0.05, 0.1) is 56.4 Å². The van der Waals surface area contributed by atoms with Crippen LogP contribution < -0.4 is 0 Å². The predicted molar refractivity (Wildman–Crippen MR) is 567 cm³/mol. The molecule has 0 unspecified atom stereocenters. The summed E-state index contributed by atoms with van der Waals surface area (Å²) in [6.07, 6.45) is 0. The molecule has 15 heteroatoms. The Balaban J connectivity index is 0.000000108. The quantitative estimate of drug-likeness (QED) is 0.119. The van der Waals surface area contributed by atoms with E-state index in [0.717, 1.165) is 99.1 Å². The van der Waals surface area contributed by atoms with Crippen LogP contribution in [0.4, 0.5) is 4.39 Å². The summed E-state index contributed by atoms with van der Waals surface area (Å²) in [5.74, 6) is 4.63. The Hall–Kier alpha value is -19.5. The van der Waals surface area contributed by atoms with Crippen LogP contribution in [-0.4, -0.2) is 58.6 Å². The highest BCUT2D eigenvalue weighted by Crippen LogP contribution is 2.50. The van der Waals surface area contributed by atoms with E-state index in [2.05, 4.69) is 305 Å². The lowest BCUT2D eigenvalue weighted by Crippen LogP contribution is -2.06. The minimum absolute atomic E-state index is 0.306. The molecule has 0 saturated carbocycles. The molecule has 0 atom stereocenters. The summed E-state index contributed by atoms with van der Waals surface area (Å²) in [5.41, 5.74) is 14.5. The van der Waals surface area contributed by atoms with Crippen LogP contribution in [-0.2, 0) is 0 Å². The van der Waals surface area contributed by atoms with Crippen LogP contribution in [0.2, 0.25) is 0 Å². The second-order valence-corrected chi connectivity index (χ2v) is 34.9. The second kappa shape index (κ2) is 33.6. The lowest BCUT2D eigenvalue weighted by Gasteiger charge is -2.14. The van der Waals surface area contributed by atoms with Crippen molar-refractivity contribution in [3.63, 3.8) is 0 Å². The highest BCUT2D eigenvalue weighted by atomic mass is 19.1. The molecule has 28 rings (SSSR count). The van der Waals surface area contributed by atoms with Crippen molar-refractivity contribution < 1.29 is 4.39 Å². The van der Waals surface area contributed by atoms with E-state index in [0.29, 0.717) is 63.8 Å². The van der Waals surface area contributed by atoms with Gasteiger partial charge in [-0.2, -0.15) is 30.5 Å². The first-order valence-electron chi connectivity index (χ1n) is 46.4. The van der Waals surface area contributed by atoms with Crippen molar-refractivity contribution in [2.45, 2.75) is 0 Å². The lowest BCUT2D eigenvalue weighted by molar-refractivity contribution is 0.628. The van der Waals surface area contributed by atoms with Crippen molar-refractivity contribution in [1.29, 1.82) is 10.5 Å². The van der Waals surface area contributed by atoms with Crippen molar-refractivity contribution >= 4 is 162 Å². The van der Waals surface area contributed by atoms with Crippen molar-refractivity contribution in [2.24, 2.45) is 0 Å². The minimum atomic E-state index is -0.306. The summed E-state index contributed by atoms with van der Waals surface area (Å²) >= 11 is 0. The average Bonchev–Trinajstić information content (AvgIpc) is 1.54. The Morgan fingerprint density at radius 2 is 0.443 bits per heavy atom. The van der Waals surface area contributed by atoms with Gasteiger partial charge in [-0.3, -0.25) is 9.13 Å². The number of hydrogen-bond acceptors (Lipinski definition) is 11. The van der Waals surface area contributed by atoms with Crippen LogP contribution in [0.5, 0.6) is 0 Å². The zero-order chi connectivity index (χ0) is 93.0. The zero-order valence-electron chi connectivity index (χ0n) is 74.8. The summed E-state index contributed by atoms with van der Waals surface area (Å²) < 4.78 is 20.7. The SMILES string of the molecule is Fc1ccc(-c2nc(-c3ccccc3)nc(-n3c4ccccc4c4c5ccc6ccccc6c5c5ccccc5c43)n2)cc1.N#Cc1ccc(-c2nc(-c3ccccc3)nc(-c3cccc(-n4c5ccccc5c5c6ccc7ccccc7c6c6ccccc6c54)c3)n2)cc1.N#Cc1ccc(-c2nc(-c3ccccc3)nc(-n3c4ccccc4c4c5ccc6ccccc6c5c5ccccc5c43)n2)cc1. The van der Waals surface area contributed by atoms with Gasteiger partial charge in [0.15, 0.2) is 40.8 Å². The molecule has 22 aromatic carbocycles. The van der Waals surface area contributed by atoms with Gasteiger partial charge in [-0.05, 0) is 184 Å². The highest BCUT2D eigenvalue weighted by molar-refractivity contribution is 6.39. The van der Waals surface area contributed by atoms with Crippen LogP contribution in [0.25, 0.3) is 260 Å². The minimum Gasteiger partial charge on any atom is -0.309 e. The number of fused-ring (bicyclic) bond motifs is 30. The zero-order valence-corrected chi connectivity index (χ0v) is 74.8. The van der Waals surface area contributed by atoms with E-state index in [-0.39, 0.29) is 5.82 Å². The van der Waals surface area contributed by atoms with Crippen LogP contribution in [0, 0.1) is 28.5 Å². The Kier molecular flexibility index (Phi) is 19.5. The van der Waals surface area contributed by atoms with Crippen LogP contribution in [0.3, 0.4) is 0 Å². The van der Waals surface area contributed by atoms with E-state index >= 15 is 0 Å². The summed E-state index contributed by atoms with van der Waals surface area (Å²) in [6.45, 7) is 0. The third kappa shape index (κ3) is 13.6. The summed E-state index contributed by atoms with van der Waals surface area (Å²) in [4.78, 5) is 45.1. The number of rotatable bonds is 10. The molecular weight excluding hydrogens is 1720 g/mol. The largest absolute Gasteiger partial charge is 0.309 e. The molecule has 650 valence electrons. The number of nitrogens with zero attached hydrogens (tertiary/aromatic N) is 14. The molecule has 140 heavy (non-hydrogen) atoms. The van der Waals surface area contributed by atoms with Crippen molar-refractivity contribution in [3.8, 4) is 109 Å². The second-order valence-electron chi connectivity index (χ2n) is 34.9. The number of hydrogen-bond donors (Lipinski definition) is 0. The van der Waals surface area contributed by atoms with Crippen molar-refractivity contribution in [2.75, 3.05) is 0 Å². The van der Waals surface area contributed by atoms with Gasteiger partial charge >= 0.3 is 0 Å². The fourth-order valence-electron chi connectivity index (χ4n) is 20.8. The van der Waals surface area contributed by atoms with E-state index in [1.54, 1.807) is 36.4 Å². The number of halogens is 1. The van der Waals surface area contributed by atoms with Gasteiger partial charge in [-0.1, -0.05) is 340 Å². The molecule has 0 N–H and O–H groups in total. The smallest absolute Gasteiger partial charge is 0.238 e. The van der Waals surface area contributed by atoms with Gasteiger partial charge in [-0.15, -0.1) is 0 Å². The molecule has 6 heterocycles. The molecule has 28 aromatic rings. The molecule has 0 aliphatic heterocycles. The average molecular weight is 1790 g/mol. The molecule has 0 radical (unpaired) electrons. The maximum atomic E-state index is 13.9. The van der Waals surface area contributed by atoms with E-state index in [1.165, 1.54) is 120 Å². The molecule has 0 saturated heterocycles. The van der Waals surface area contributed by atoms with Crippen LogP contribution >= 0.6 is 0 Å². The number of aromatic nitrogens is 12. The number of benzene rings is 22.